The monoisotopic (exact) mass is 433 g/mol. The van der Waals surface area contributed by atoms with Gasteiger partial charge in [0.1, 0.15) is 0 Å². The molecule has 0 saturated heterocycles. The van der Waals surface area contributed by atoms with Gasteiger partial charge in [-0.1, -0.05) is 23.7 Å². The predicted molar refractivity (Wildman–Crippen MR) is 119 cm³/mol. The molecule has 1 amide bonds. The van der Waals surface area contributed by atoms with E-state index >= 15 is 0 Å². The minimum absolute atomic E-state index is 0.0497. The molecule has 2 unspecified atom stereocenters. The summed E-state index contributed by atoms with van der Waals surface area (Å²) in [7, 11) is 0. The third-order valence-electron chi connectivity index (χ3n) is 6.12. The minimum Gasteiger partial charge on any atom is -0.324 e. The Morgan fingerprint density at radius 2 is 1.97 bits per heavy atom. The number of para-hydroxylation sites is 1. The van der Waals surface area contributed by atoms with E-state index in [1.54, 1.807) is 12.1 Å². The number of halogens is 1. The number of imidazole rings is 1. The van der Waals surface area contributed by atoms with Gasteiger partial charge in [-0.2, -0.15) is 5.10 Å². The average molecular weight is 434 g/mol. The topological polar surface area (TPSA) is 95.6 Å². The van der Waals surface area contributed by atoms with Crippen LogP contribution in [0.5, 0.6) is 0 Å². The number of carbonyl (C=O) groups excluding carboxylic acids is 1. The van der Waals surface area contributed by atoms with Crippen LogP contribution in [0, 0.1) is 5.92 Å². The summed E-state index contributed by atoms with van der Waals surface area (Å²) in [4.78, 5) is 30.1. The Bertz CT molecular complexity index is 1380. The average Bonchev–Trinajstić information content (AvgIpc) is 3.67. The maximum absolute atomic E-state index is 13.0. The van der Waals surface area contributed by atoms with Crippen LogP contribution in [0.25, 0.3) is 16.7 Å². The number of hydrogen-bond acceptors (Lipinski definition) is 3. The van der Waals surface area contributed by atoms with Crippen molar-refractivity contribution in [1.82, 2.24) is 19.7 Å². The largest absolute Gasteiger partial charge is 0.324 e. The van der Waals surface area contributed by atoms with Crippen molar-refractivity contribution >= 4 is 34.2 Å². The number of nitrogens with zero attached hydrogens (tertiary/aromatic N) is 2. The lowest BCUT2D eigenvalue weighted by Crippen LogP contribution is -2.15. The van der Waals surface area contributed by atoms with Gasteiger partial charge in [-0.25, -0.2) is 9.48 Å². The first kappa shape index (κ1) is 18.4. The lowest BCUT2D eigenvalue weighted by atomic mass is 10.1. The molecule has 2 atom stereocenters. The van der Waals surface area contributed by atoms with E-state index in [1.165, 1.54) is 12.8 Å². The van der Waals surface area contributed by atoms with Crippen molar-refractivity contribution in [1.29, 1.82) is 0 Å². The zero-order valence-corrected chi connectivity index (χ0v) is 17.3. The first-order chi connectivity index (χ1) is 15.1. The Labute approximate surface area is 182 Å². The summed E-state index contributed by atoms with van der Waals surface area (Å²) in [6.45, 7) is 0. The molecule has 2 aromatic carbocycles. The molecule has 0 radical (unpaired) electrons. The van der Waals surface area contributed by atoms with Crippen molar-refractivity contribution < 1.29 is 4.79 Å². The fourth-order valence-electron chi connectivity index (χ4n) is 4.27. The SMILES string of the molecule is O=C(Nc1cccc2[nH]c(=O)[nH]c12)C1CC1c1cc(C2CC2)nn1-c1cccc(Cl)c1. The normalized spacial score (nSPS) is 20.2. The highest BCUT2D eigenvalue weighted by molar-refractivity contribution is 6.30. The fraction of sp³-hybridized carbons (Fsp3) is 0.261. The van der Waals surface area contributed by atoms with Crippen LogP contribution in [0.15, 0.2) is 53.3 Å². The van der Waals surface area contributed by atoms with Crippen LogP contribution in [0.2, 0.25) is 5.02 Å². The third-order valence-corrected chi connectivity index (χ3v) is 6.36. The number of benzene rings is 2. The molecule has 31 heavy (non-hydrogen) atoms. The van der Waals surface area contributed by atoms with Crippen LogP contribution in [-0.2, 0) is 4.79 Å². The van der Waals surface area contributed by atoms with Gasteiger partial charge in [-0.05, 0) is 55.7 Å². The quantitative estimate of drug-likeness (QED) is 0.437. The number of hydrogen-bond donors (Lipinski definition) is 3. The molecule has 8 heteroatoms. The summed E-state index contributed by atoms with van der Waals surface area (Å²) in [5, 5.41) is 8.50. The van der Waals surface area contributed by atoms with Gasteiger partial charge in [0.05, 0.1) is 28.1 Å². The number of aromatic amines is 2. The first-order valence-corrected chi connectivity index (χ1v) is 10.8. The van der Waals surface area contributed by atoms with Gasteiger partial charge >= 0.3 is 5.69 Å². The fourth-order valence-corrected chi connectivity index (χ4v) is 4.46. The van der Waals surface area contributed by atoms with E-state index in [-0.39, 0.29) is 23.4 Å². The minimum atomic E-state index is -0.293. The summed E-state index contributed by atoms with van der Waals surface area (Å²) in [6, 6.07) is 15.2. The molecule has 0 aliphatic heterocycles. The molecule has 2 saturated carbocycles. The molecular weight excluding hydrogens is 414 g/mol. The number of anilines is 1. The summed E-state index contributed by atoms with van der Waals surface area (Å²) in [5.41, 5.74) is 4.65. The maximum Gasteiger partial charge on any atom is 0.323 e. The molecule has 156 valence electrons. The number of carbonyl (C=O) groups is 1. The molecular formula is C23H20ClN5O2. The van der Waals surface area contributed by atoms with Gasteiger partial charge in [-0.15, -0.1) is 0 Å². The molecule has 2 aromatic heterocycles. The maximum atomic E-state index is 13.0. The van der Waals surface area contributed by atoms with E-state index in [1.807, 2.05) is 35.0 Å². The predicted octanol–water partition coefficient (Wildman–Crippen LogP) is 4.31. The van der Waals surface area contributed by atoms with Gasteiger partial charge < -0.3 is 15.3 Å². The molecule has 2 heterocycles. The molecule has 0 spiro atoms. The highest BCUT2D eigenvalue weighted by atomic mass is 35.5. The van der Waals surface area contributed by atoms with Crippen LogP contribution < -0.4 is 11.0 Å². The summed E-state index contributed by atoms with van der Waals surface area (Å²) >= 11 is 6.21. The van der Waals surface area contributed by atoms with Crippen molar-refractivity contribution in [3.05, 3.63) is 75.4 Å². The van der Waals surface area contributed by atoms with Crippen LogP contribution >= 0.6 is 11.6 Å². The molecule has 2 aliphatic rings. The van der Waals surface area contributed by atoms with Gasteiger partial charge in [0.15, 0.2) is 0 Å². The van der Waals surface area contributed by atoms with E-state index in [0.29, 0.717) is 27.7 Å². The van der Waals surface area contributed by atoms with Crippen LogP contribution in [0.3, 0.4) is 0 Å². The number of H-pyrrole nitrogens is 2. The van der Waals surface area contributed by atoms with E-state index < -0.39 is 0 Å². The van der Waals surface area contributed by atoms with Crippen molar-refractivity contribution in [3.63, 3.8) is 0 Å². The second-order valence-corrected chi connectivity index (χ2v) is 8.84. The number of nitrogens with one attached hydrogen (secondary N) is 3. The molecule has 4 aromatic rings. The van der Waals surface area contributed by atoms with Gasteiger partial charge in [0.2, 0.25) is 5.91 Å². The lowest BCUT2D eigenvalue weighted by Gasteiger charge is -2.09. The lowest BCUT2D eigenvalue weighted by molar-refractivity contribution is -0.117. The second kappa shape index (κ2) is 6.85. The van der Waals surface area contributed by atoms with Crippen LogP contribution in [0.4, 0.5) is 5.69 Å². The van der Waals surface area contributed by atoms with E-state index in [2.05, 4.69) is 21.4 Å². The molecule has 3 N–H and O–H groups in total. The molecule has 7 nitrogen and oxygen atoms in total. The summed E-state index contributed by atoms with van der Waals surface area (Å²) in [5.74, 6) is 0.436. The summed E-state index contributed by atoms with van der Waals surface area (Å²) in [6.07, 6.45) is 3.10. The van der Waals surface area contributed by atoms with Crippen LogP contribution in [0.1, 0.15) is 42.5 Å². The second-order valence-electron chi connectivity index (χ2n) is 8.41. The van der Waals surface area contributed by atoms with Gasteiger partial charge in [0.25, 0.3) is 0 Å². The standard InChI is InChI=1S/C23H20ClN5O2/c24-13-3-1-4-14(9-13)29-20(11-19(28-29)12-7-8-12)15-10-16(15)22(30)25-17-5-2-6-18-21(17)27-23(31)26-18/h1-6,9,11-12,15-16H,7-8,10H2,(H,25,30)(H2,26,27,31). The van der Waals surface area contributed by atoms with E-state index in [4.69, 9.17) is 16.7 Å². The Morgan fingerprint density at radius 1 is 1.13 bits per heavy atom. The molecule has 6 rings (SSSR count). The Kier molecular flexibility index (Phi) is 4.08. The molecule has 2 aliphatic carbocycles. The zero-order chi connectivity index (χ0) is 21.1. The Balaban J connectivity index is 1.28. The van der Waals surface area contributed by atoms with Crippen LogP contribution in [-0.4, -0.2) is 25.7 Å². The zero-order valence-electron chi connectivity index (χ0n) is 16.6. The number of fused-ring (bicyclic) bond motifs is 1. The smallest absolute Gasteiger partial charge is 0.323 e. The van der Waals surface area contributed by atoms with Crippen molar-refractivity contribution in [2.75, 3.05) is 5.32 Å². The van der Waals surface area contributed by atoms with Crippen molar-refractivity contribution in [2.24, 2.45) is 5.92 Å². The Hall–Kier alpha value is -3.32. The first-order valence-electron chi connectivity index (χ1n) is 10.4. The van der Waals surface area contributed by atoms with Crippen molar-refractivity contribution in [3.8, 4) is 5.69 Å². The van der Waals surface area contributed by atoms with Gasteiger partial charge in [0, 0.05) is 28.5 Å². The van der Waals surface area contributed by atoms with E-state index in [9.17, 15) is 9.59 Å². The highest BCUT2D eigenvalue weighted by Crippen LogP contribution is 2.50. The van der Waals surface area contributed by atoms with E-state index in [0.717, 1.165) is 23.5 Å². The number of rotatable bonds is 5. The van der Waals surface area contributed by atoms with Gasteiger partial charge in [-0.3, -0.25) is 4.79 Å². The Morgan fingerprint density at radius 3 is 2.77 bits per heavy atom. The number of aromatic nitrogens is 4. The highest BCUT2D eigenvalue weighted by Gasteiger charge is 2.47. The number of amides is 1. The third kappa shape index (κ3) is 3.35. The molecule has 0 bridgehead atoms. The summed E-state index contributed by atoms with van der Waals surface area (Å²) < 4.78 is 1.95. The molecule has 2 fully saturated rings. The van der Waals surface area contributed by atoms with Crippen molar-refractivity contribution in [2.45, 2.75) is 31.1 Å².